The van der Waals surface area contributed by atoms with Crippen LogP contribution in [0.25, 0.3) is 0 Å². The van der Waals surface area contributed by atoms with Crippen LogP contribution in [0.5, 0.6) is 0 Å². The molecular weight excluding hydrogens is 1850 g/mol. The smallest absolute Gasteiger partial charge is 0.396 e. The Bertz CT molecular complexity index is 4320. The van der Waals surface area contributed by atoms with E-state index in [9.17, 15) is 138 Å². The van der Waals surface area contributed by atoms with Crippen LogP contribution in [-0.4, -0.2) is 440 Å². The lowest BCUT2D eigenvalue weighted by Crippen LogP contribution is -2.64. The van der Waals surface area contributed by atoms with Gasteiger partial charge in [-0.25, -0.2) is 4.57 Å². The Morgan fingerprint density at radius 2 is 0.825 bits per heavy atom. The topological polar surface area (TPSA) is 769 Å². The number of Topliss-reactive ketones (excluding diaryl/α,β-unsaturated/α-hetero) is 1. The van der Waals surface area contributed by atoms with Crippen LogP contribution >= 0.6 is 7.82 Å². The number of hydrogen-bond acceptors (Lipinski definition) is 39. The fourth-order valence-electron chi connectivity index (χ4n) is 15.1. The molecule has 2 aromatic carbocycles. The van der Waals surface area contributed by atoms with E-state index in [1.807, 2.05) is 0 Å². The van der Waals surface area contributed by atoms with Crippen LogP contribution in [0, 0.1) is 22.7 Å². The summed E-state index contributed by atoms with van der Waals surface area (Å²) in [5.74, 6) is -10.9. The van der Waals surface area contributed by atoms with Crippen molar-refractivity contribution < 1.29 is 200 Å². The quantitative estimate of drug-likeness (QED) is 0.0216. The number of hydrogen-bond donors (Lipinski definition) is 25. The Kier molecular flexibility index (Phi) is 47.8. The number of phosphoric acid groups is 1. The minimum absolute atomic E-state index is 0.0374. The molecule has 137 heavy (non-hydrogen) atoms. The molecule has 0 aliphatic carbocycles. The summed E-state index contributed by atoms with van der Waals surface area (Å²) in [6.07, 6.45) is -23.7. The molecule has 23 atom stereocenters. The molecule has 0 spiro atoms. The van der Waals surface area contributed by atoms with Gasteiger partial charge in [0.1, 0.15) is 79.2 Å². The maximum Gasteiger partial charge on any atom is 0.469 e. The lowest BCUT2D eigenvalue weighted by molar-refractivity contribution is -0.284. The Morgan fingerprint density at radius 1 is 0.445 bits per heavy atom. The third-order valence-corrected chi connectivity index (χ3v) is 23.7. The normalized spacial score (nSPS) is 27.9. The predicted octanol–water partition coefficient (Wildman–Crippen LogP) is -10.2. The summed E-state index contributed by atoms with van der Waals surface area (Å²) in [6.45, 7) is 0.963. The fraction of sp³-hybridized carbons (Fsp3) is 0.714. The number of nitrogens with zero attached hydrogens (tertiary/aromatic N) is 1. The molecule has 5 aliphatic rings. The van der Waals surface area contributed by atoms with E-state index in [1.54, 1.807) is 27.7 Å². The molecule has 7 rings (SSSR count). The molecule has 5 saturated heterocycles. The van der Waals surface area contributed by atoms with Crippen molar-refractivity contribution in [2.24, 2.45) is 22.7 Å². The Morgan fingerprint density at radius 3 is 1.21 bits per heavy atom. The number of ketones is 1. The highest BCUT2D eigenvalue weighted by molar-refractivity contribution is 7.46. The molecule has 0 bridgehead atoms. The predicted molar refractivity (Wildman–Crippen MR) is 466 cm³/mol. The second-order valence-corrected chi connectivity index (χ2v) is 35.1. The average molecular weight is 1980 g/mol. The number of rotatable bonds is 57. The molecule has 5 fully saturated rings. The summed E-state index contributed by atoms with van der Waals surface area (Å²) in [5, 5.41) is 157. The van der Waals surface area contributed by atoms with Crippen molar-refractivity contribution >= 4 is 84.3 Å². The van der Waals surface area contributed by atoms with Crippen LogP contribution in [0.1, 0.15) is 114 Å². The van der Waals surface area contributed by atoms with Crippen molar-refractivity contribution in [2.75, 3.05) is 177 Å². The molecule has 2 aromatic rings. The third-order valence-electron chi connectivity index (χ3n) is 23.3. The van der Waals surface area contributed by atoms with Crippen LogP contribution in [0.3, 0.4) is 0 Å². The largest absolute Gasteiger partial charge is 0.469 e. The van der Waals surface area contributed by atoms with Gasteiger partial charge in [-0.3, -0.25) is 62.1 Å². The monoisotopic (exact) mass is 1980 g/mol. The maximum absolute atomic E-state index is 14.3. The van der Waals surface area contributed by atoms with Crippen molar-refractivity contribution in [1.29, 1.82) is 0 Å². The molecule has 52 nitrogen and oxygen atoms in total. The van der Waals surface area contributed by atoms with Crippen LogP contribution in [0.15, 0.2) is 36.4 Å². The van der Waals surface area contributed by atoms with Gasteiger partial charge in [0.2, 0.25) is 41.4 Å². The van der Waals surface area contributed by atoms with E-state index < -0.39 is 303 Å². The standard InChI is InChI=1S/C84H132N11O41P/c1-44-66(108)68(110)56(36-96)133-79(44)128-23-19-124-15-11-85-74(116)49-27-48(28-50(30-49)75(117)86-12-16-126-21-25-130-81-64(91-46(3)101)72(114)70(112)58(38-98)135-81)29-54(103)34-89-60(104)8-7-55(94-61(105)9-10-63(107)95-40-83(5,42-100)84(6,41-95)43-132-137(121,122)123)78(120)90-35-62(106)93-53-32-51(76(118)87-13-17-125-20-24-129-80-45(2)67(109)69(111)57(37-97)134-80)31-52(33-53)77(119)88-14-18-127-22-26-131-82-65(92-47(4)102)73(115)71(113)59(39-99)136-82/h27-28,30-33,44-45,55-59,64-73,79-82,96-100,108-115H,7-26,29,34-43H2,1-6H3,(H,85,116)(H,86,117)(H,87,118)(H,88,119)(H,89,104)(H,90,120)(H,91,101)(H,92,102)(H,93,106)(H,94,105)(H2,121,122,123)/t44-,45-,55+,56-,57-,58-,59-,64-,65-,66-,67-,68+,69+,70+,71+,72-,73-,79?,80?,81?,82?,83+,84-/m1/s1. The summed E-state index contributed by atoms with van der Waals surface area (Å²) in [5.41, 5.74) is -3.12. The van der Waals surface area contributed by atoms with Gasteiger partial charge < -0.3 is 191 Å². The van der Waals surface area contributed by atoms with E-state index in [1.165, 1.54) is 48.2 Å². The van der Waals surface area contributed by atoms with Gasteiger partial charge >= 0.3 is 7.82 Å². The molecule has 0 aromatic heterocycles. The van der Waals surface area contributed by atoms with E-state index in [4.69, 9.17) is 61.4 Å². The Labute approximate surface area is 787 Å². The third kappa shape index (κ3) is 35.8. The number of benzene rings is 2. The minimum Gasteiger partial charge on any atom is -0.396 e. The van der Waals surface area contributed by atoms with Gasteiger partial charge in [-0.2, -0.15) is 0 Å². The van der Waals surface area contributed by atoms with E-state index in [0.717, 1.165) is 6.92 Å². The van der Waals surface area contributed by atoms with Crippen LogP contribution in [0.2, 0.25) is 0 Å². The molecule has 5 aliphatic heterocycles. The lowest BCUT2D eigenvalue weighted by Gasteiger charge is -2.42. The molecule has 5 heterocycles. The number of carbonyl (C=O) groups excluding carboxylic acids is 12. The summed E-state index contributed by atoms with van der Waals surface area (Å²) in [7, 11) is -5.02. The van der Waals surface area contributed by atoms with Crippen molar-refractivity contribution in [3.8, 4) is 0 Å². The zero-order valence-electron chi connectivity index (χ0n) is 76.7. The van der Waals surface area contributed by atoms with E-state index in [2.05, 4.69) is 53.2 Å². The minimum atomic E-state index is -5.02. The number of anilines is 1. The Hall–Kier alpha value is -8.61. The summed E-state index contributed by atoms with van der Waals surface area (Å²) in [6, 6.07) is 3.19. The fourth-order valence-corrected chi connectivity index (χ4v) is 15.6. The first-order chi connectivity index (χ1) is 65.0. The van der Waals surface area contributed by atoms with Crippen LogP contribution in [0.4, 0.5) is 5.69 Å². The summed E-state index contributed by atoms with van der Waals surface area (Å²) in [4.78, 5) is 183. The molecule has 774 valence electrons. The molecule has 0 saturated carbocycles. The van der Waals surface area contributed by atoms with Crippen molar-refractivity contribution in [3.05, 3.63) is 64.2 Å². The van der Waals surface area contributed by atoms with Crippen LogP contribution in [-0.2, 0) is 111 Å². The van der Waals surface area contributed by atoms with Gasteiger partial charge in [-0.1, -0.05) is 27.7 Å². The molecule has 0 radical (unpaired) electrons. The van der Waals surface area contributed by atoms with Gasteiger partial charge in [-0.15, -0.1) is 0 Å². The molecule has 25 N–H and O–H groups in total. The number of aliphatic hydroxyl groups excluding tert-OH is 13. The van der Waals surface area contributed by atoms with Gasteiger partial charge in [0.05, 0.1) is 144 Å². The van der Waals surface area contributed by atoms with E-state index in [-0.39, 0.29) is 152 Å². The number of nitrogens with one attached hydrogen (secondary N) is 10. The highest BCUT2D eigenvalue weighted by Gasteiger charge is 2.55. The van der Waals surface area contributed by atoms with E-state index in [0.29, 0.717) is 0 Å². The Balaban J connectivity index is 1.01. The average Bonchev–Trinajstić information content (AvgIpc) is 1.60. The maximum atomic E-state index is 14.3. The first-order valence-electron chi connectivity index (χ1n) is 44.5. The number of aliphatic hydroxyl groups is 13. The first kappa shape index (κ1) is 115. The zero-order valence-corrected chi connectivity index (χ0v) is 77.6. The number of carbonyl (C=O) groups is 12. The van der Waals surface area contributed by atoms with Gasteiger partial charge in [0, 0.05) is 129 Å². The first-order valence-corrected chi connectivity index (χ1v) is 46.0. The highest BCUT2D eigenvalue weighted by Crippen LogP contribution is 2.49. The van der Waals surface area contributed by atoms with Crippen molar-refractivity contribution in [3.63, 3.8) is 0 Å². The molecular formula is C84H132N11O41P. The van der Waals surface area contributed by atoms with Gasteiger partial charge in [-0.05, 0) is 48.4 Å². The van der Waals surface area contributed by atoms with Crippen molar-refractivity contribution in [2.45, 2.75) is 190 Å². The lowest BCUT2D eigenvalue weighted by atomic mass is 9.69. The molecule has 53 heteroatoms. The number of amides is 11. The molecule has 4 unspecified atom stereocenters. The highest BCUT2D eigenvalue weighted by atomic mass is 31.2. The number of likely N-dealkylation sites (tertiary alicyclic amines) is 1. The van der Waals surface area contributed by atoms with E-state index >= 15 is 0 Å². The van der Waals surface area contributed by atoms with Crippen molar-refractivity contribution in [1.82, 2.24) is 52.8 Å². The second-order valence-electron chi connectivity index (χ2n) is 33.9. The van der Waals surface area contributed by atoms with Gasteiger partial charge in [0.15, 0.2) is 30.9 Å². The number of ether oxygens (including phenoxy) is 12. The summed E-state index contributed by atoms with van der Waals surface area (Å²) >= 11 is 0. The number of phosphoric ester groups is 1. The van der Waals surface area contributed by atoms with Crippen LogP contribution < -0.4 is 53.2 Å². The van der Waals surface area contributed by atoms with Gasteiger partial charge in [0.25, 0.3) is 23.6 Å². The zero-order chi connectivity index (χ0) is 101. The second kappa shape index (κ2) is 56.7. The molecule has 11 amide bonds. The SMILES string of the molecule is CC(=O)N[C@H]1C(OCCOCCNC(=O)c2cc(CC(=O)CNC(=O)CC[C@H](NC(=O)CCC(=O)N3C[C@](C)(COP(=O)(O)O)[C@](C)(CO)C3)C(=O)NCC(=O)Nc3cc(C(=O)NCCOCCOC4O[C@H](CO)[C@H](O)[C@H](O)[C@H]4C)cc(C(=O)NCCOCCOC4O[C@H](CO)[C@H](O)[C@H](O)[C@H]4NC(C)=O)c3)cc(C(=O)NCCOCCOC3O[C@H](CO)[C@H](O)[C@H](O)[C@H]3C)c2)O[C@H](CO)[C@H](O)[C@@H]1O. The summed E-state index contributed by atoms with van der Waals surface area (Å²) < 4.78 is 83.8.